The highest BCUT2D eigenvalue weighted by Crippen LogP contribution is 2.04. The molecule has 0 saturated heterocycles. The van der Waals surface area contributed by atoms with Gasteiger partial charge in [0.1, 0.15) is 5.69 Å². The van der Waals surface area contributed by atoms with Crippen LogP contribution in [0.3, 0.4) is 0 Å². The smallest absolute Gasteiger partial charge is 0.113 e. The van der Waals surface area contributed by atoms with Crippen molar-refractivity contribution in [3.8, 4) is 11.8 Å². The molecular weight excluding hydrogens is 260 g/mol. The molecule has 0 bridgehead atoms. The molecule has 1 aromatic carbocycles. The van der Waals surface area contributed by atoms with E-state index in [4.69, 9.17) is 0 Å². The molecule has 0 amide bonds. The molecule has 0 radical (unpaired) electrons. The van der Waals surface area contributed by atoms with Crippen LogP contribution in [0.15, 0.2) is 48.5 Å². The minimum atomic E-state index is 0.406. The van der Waals surface area contributed by atoms with Crippen molar-refractivity contribution in [2.45, 2.75) is 25.8 Å². The van der Waals surface area contributed by atoms with Crippen LogP contribution in [0, 0.1) is 11.8 Å². The lowest BCUT2D eigenvalue weighted by atomic mass is 10.1. The lowest BCUT2D eigenvalue weighted by Crippen LogP contribution is -2.12. The Balaban J connectivity index is 1.82. The molecular formula is C18H20N2O. The van der Waals surface area contributed by atoms with Gasteiger partial charge in [-0.1, -0.05) is 42.3 Å². The molecule has 1 heterocycles. The summed E-state index contributed by atoms with van der Waals surface area (Å²) < 4.78 is 0. The van der Waals surface area contributed by atoms with Gasteiger partial charge in [0.05, 0.1) is 12.2 Å². The molecule has 2 rings (SSSR count). The summed E-state index contributed by atoms with van der Waals surface area (Å²) in [6.45, 7) is 0.406. The van der Waals surface area contributed by atoms with Crippen molar-refractivity contribution in [3.63, 3.8) is 0 Å². The fourth-order valence-corrected chi connectivity index (χ4v) is 2.05. The monoisotopic (exact) mass is 280 g/mol. The Morgan fingerprint density at radius 2 is 1.90 bits per heavy atom. The second kappa shape index (κ2) is 8.21. The van der Waals surface area contributed by atoms with Crippen LogP contribution in [0.1, 0.15) is 29.8 Å². The molecule has 0 atom stereocenters. The van der Waals surface area contributed by atoms with Gasteiger partial charge in [-0.05, 0) is 36.5 Å². The van der Waals surface area contributed by atoms with Gasteiger partial charge in [0, 0.05) is 13.5 Å². The van der Waals surface area contributed by atoms with Crippen LogP contribution in [0.2, 0.25) is 0 Å². The molecule has 0 fully saturated rings. The van der Waals surface area contributed by atoms with Crippen LogP contribution in [0.4, 0.5) is 0 Å². The third kappa shape index (κ3) is 5.78. The van der Waals surface area contributed by atoms with Crippen molar-refractivity contribution >= 4 is 0 Å². The van der Waals surface area contributed by atoms with Crippen molar-refractivity contribution in [1.82, 2.24) is 10.0 Å². The first-order chi connectivity index (χ1) is 10.2. The van der Waals surface area contributed by atoms with Crippen LogP contribution < -0.4 is 0 Å². The number of hydrogen-bond acceptors (Lipinski definition) is 3. The molecule has 1 aromatic heterocycles. The van der Waals surface area contributed by atoms with Crippen molar-refractivity contribution in [3.05, 3.63) is 65.5 Å². The zero-order valence-corrected chi connectivity index (χ0v) is 12.3. The van der Waals surface area contributed by atoms with Gasteiger partial charge in [0.25, 0.3) is 0 Å². The van der Waals surface area contributed by atoms with E-state index in [1.807, 2.05) is 24.3 Å². The van der Waals surface area contributed by atoms with Crippen LogP contribution in [0.25, 0.3) is 0 Å². The molecule has 21 heavy (non-hydrogen) atoms. The van der Waals surface area contributed by atoms with Crippen molar-refractivity contribution in [2.75, 3.05) is 7.05 Å². The molecule has 0 spiro atoms. The van der Waals surface area contributed by atoms with E-state index >= 15 is 0 Å². The lowest BCUT2D eigenvalue weighted by Gasteiger charge is -2.06. The summed E-state index contributed by atoms with van der Waals surface area (Å²) >= 11 is 0. The average Bonchev–Trinajstić information content (AvgIpc) is 2.48. The summed E-state index contributed by atoms with van der Waals surface area (Å²) in [4.78, 5) is 4.39. The highest BCUT2D eigenvalue weighted by molar-refractivity contribution is 5.28. The van der Waals surface area contributed by atoms with E-state index in [0.717, 1.165) is 35.7 Å². The lowest BCUT2D eigenvalue weighted by molar-refractivity contribution is -0.0740. The Morgan fingerprint density at radius 1 is 1.10 bits per heavy atom. The predicted molar refractivity (Wildman–Crippen MR) is 83.7 cm³/mol. The third-order valence-corrected chi connectivity index (χ3v) is 3.02. The summed E-state index contributed by atoms with van der Waals surface area (Å²) in [6.07, 6.45) is 2.97. The van der Waals surface area contributed by atoms with Gasteiger partial charge in [-0.15, -0.1) is 0 Å². The number of pyridine rings is 1. The predicted octanol–water partition coefficient (Wildman–Crippen LogP) is 3.28. The largest absolute Gasteiger partial charge is 0.314 e. The Morgan fingerprint density at radius 3 is 2.67 bits per heavy atom. The fourth-order valence-electron chi connectivity index (χ4n) is 2.05. The molecule has 0 aliphatic rings. The highest BCUT2D eigenvalue weighted by Gasteiger charge is 1.98. The van der Waals surface area contributed by atoms with E-state index < -0.39 is 0 Å². The number of hydroxylamine groups is 2. The zero-order valence-electron chi connectivity index (χ0n) is 12.3. The summed E-state index contributed by atoms with van der Waals surface area (Å²) in [7, 11) is 1.60. The molecule has 2 aromatic rings. The van der Waals surface area contributed by atoms with Crippen LogP contribution in [-0.2, 0) is 13.0 Å². The van der Waals surface area contributed by atoms with Gasteiger partial charge >= 0.3 is 0 Å². The Bertz CT molecular complexity index is 612. The summed E-state index contributed by atoms with van der Waals surface area (Å²) in [6, 6.07) is 16.1. The van der Waals surface area contributed by atoms with Gasteiger partial charge in [-0.3, -0.25) is 0 Å². The van der Waals surface area contributed by atoms with E-state index in [1.54, 1.807) is 7.05 Å². The Kier molecular flexibility index (Phi) is 5.96. The summed E-state index contributed by atoms with van der Waals surface area (Å²) in [5, 5.41) is 10.3. The second-order valence-corrected chi connectivity index (χ2v) is 4.97. The summed E-state index contributed by atoms with van der Waals surface area (Å²) in [5.41, 5.74) is 2.93. The number of hydrogen-bond donors (Lipinski definition) is 1. The highest BCUT2D eigenvalue weighted by atomic mass is 16.5. The van der Waals surface area contributed by atoms with Crippen LogP contribution in [-0.4, -0.2) is 22.3 Å². The first-order valence-corrected chi connectivity index (χ1v) is 7.13. The second-order valence-electron chi connectivity index (χ2n) is 4.97. The van der Waals surface area contributed by atoms with Crippen LogP contribution in [0.5, 0.6) is 0 Å². The van der Waals surface area contributed by atoms with Crippen LogP contribution >= 0.6 is 0 Å². The average molecular weight is 280 g/mol. The van der Waals surface area contributed by atoms with Gasteiger partial charge in [-0.25, -0.2) is 4.98 Å². The molecule has 108 valence electrons. The minimum absolute atomic E-state index is 0.406. The van der Waals surface area contributed by atoms with Crippen molar-refractivity contribution in [2.24, 2.45) is 0 Å². The maximum Gasteiger partial charge on any atom is 0.113 e. The number of rotatable bonds is 5. The summed E-state index contributed by atoms with van der Waals surface area (Å²) in [5.74, 6) is 6.25. The van der Waals surface area contributed by atoms with Gasteiger partial charge < -0.3 is 5.21 Å². The third-order valence-electron chi connectivity index (χ3n) is 3.02. The number of unbranched alkanes of at least 4 members (excludes halogenated alkanes) is 1. The Hall–Kier alpha value is -2.15. The SMILES string of the molecule is CN(O)Cc1cccc(C#CCCCc2ccccc2)n1. The number of aryl methyl sites for hydroxylation is 1. The van der Waals surface area contributed by atoms with E-state index in [-0.39, 0.29) is 0 Å². The molecule has 1 N–H and O–H groups in total. The maximum atomic E-state index is 9.21. The van der Waals surface area contributed by atoms with E-state index in [1.165, 1.54) is 5.56 Å². The number of aromatic nitrogens is 1. The van der Waals surface area contributed by atoms with Gasteiger partial charge in [0.15, 0.2) is 0 Å². The molecule has 0 unspecified atom stereocenters. The molecule has 0 aliphatic heterocycles. The normalized spacial score (nSPS) is 10.2. The molecule has 3 nitrogen and oxygen atoms in total. The van der Waals surface area contributed by atoms with Crippen molar-refractivity contribution in [1.29, 1.82) is 0 Å². The van der Waals surface area contributed by atoms with Crippen molar-refractivity contribution < 1.29 is 5.21 Å². The topological polar surface area (TPSA) is 36.4 Å². The molecule has 0 saturated carbocycles. The standard InChI is InChI=1S/C18H20N2O/c1-20(21)15-18-14-8-13-17(19-18)12-7-3-6-11-16-9-4-2-5-10-16/h2,4-5,8-10,13-14,21H,3,6,11,15H2,1H3. The maximum absolute atomic E-state index is 9.21. The van der Waals surface area contributed by atoms with E-state index in [0.29, 0.717) is 6.54 Å². The molecule has 0 aliphatic carbocycles. The van der Waals surface area contributed by atoms with Gasteiger partial charge in [-0.2, -0.15) is 5.06 Å². The first kappa shape index (κ1) is 15.2. The number of nitrogens with zero attached hydrogens (tertiary/aromatic N) is 2. The first-order valence-electron chi connectivity index (χ1n) is 7.13. The minimum Gasteiger partial charge on any atom is -0.314 e. The Labute approximate surface area is 126 Å². The van der Waals surface area contributed by atoms with E-state index in [2.05, 4.69) is 41.1 Å². The molecule has 3 heteroatoms. The zero-order chi connectivity index (χ0) is 14.9. The van der Waals surface area contributed by atoms with Gasteiger partial charge in [0.2, 0.25) is 0 Å². The number of benzene rings is 1. The fraction of sp³-hybridized carbons (Fsp3) is 0.278. The quantitative estimate of drug-likeness (QED) is 0.519. The van der Waals surface area contributed by atoms with E-state index in [9.17, 15) is 5.21 Å².